The lowest BCUT2D eigenvalue weighted by Gasteiger charge is -2.42. The molecule has 0 spiro atoms. The second-order valence-electron chi connectivity index (χ2n) is 5.78. The molecule has 0 unspecified atom stereocenters. The molecule has 158 valence electrons. The van der Waals surface area contributed by atoms with E-state index in [0.29, 0.717) is 0 Å². The minimum Gasteiger partial charge on any atom is -0.412 e. The summed E-state index contributed by atoms with van der Waals surface area (Å²) in [7, 11) is -8.14. The Morgan fingerprint density at radius 1 is 0.857 bits per heavy atom. The molecule has 0 saturated heterocycles. The quantitative estimate of drug-likeness (QED) is 0.420. The highest BCUT2D eigenvalue weighted by Crippen LogP contribution is 2.80. The fourth-order valence-corrected chi connectivity index (χ4v) is 8.43. The molecule has 0 amide bonds. The van der Waals surface area contributed by atoms with Crippen molar-refractivity contribution in [3.05, 3.63) is 48.2 Å². The maximum absolute atomic E-state index is 14.0. The standard InChI is InChI=1S/C18H29NO7P2/c1-5-23-27(20,24-6-2)18(28(21,25-7-3)26-8-4)14-15-22-19(18)16-17-12-10-9-11-13-17/h9-15H,5-8,16H2,1-4H3. The van der Waals surface area contributed by atoms with Crippen molar-refractivity contribution in [2.24, 2.45) is 0 Å². The first kappa shape index (κ1) is 23.3. The van der Waals surface area contributed by atoms with Crippen molar-refractivity contribution in [1.29, 1.82) is 0 Å². The molecule has 0 radical (unpaired) electrons. The Kier molecular flexibility index (Phi) is 8.46. The van der Waals surface area contributed by atoms with Gasteiger partial charge in [0, 0.05) is 6.08 Å². The number of benzene rings is 1. The summed E-state index contributed by atoms with van der Waals surface area (Å²) in [5, 5.41) is -0.547. The normalized spacial score (nSPS) is 17.0. The highest BCUT2D eigenvalue weighted by atomic mass is 31.2. The molecule has 0 fully saturated rings. The summed E-state index contributed by atoms with van der Waals surface area (Å²) in [4.78, 5) is 5.64. The Morgan fingerprint density at radius 2 is 1.32 bits per heavy atom. The molecular weight excluding hydrogens is 404 g/mol. The predicted molar refractivity (Wildman–Crippen MR) is 107 cm³/mol. The predicted octanol–water partition coefficient (Wildman–Crippen LogP) is 5.13. The van der Waals surface area contributed by atoms with Crippen LogP contribution in [0.1, 0.15) is 33.3 Å². The van der Waals surface area contributed by atoms with E-state index in [2.05, 4.69) is 0 Å². The zero-order valence-corrected chi connectivity index (χ0v) is 18.6. The summed E-state index contributed by atoms with van der Waals surface area (Å²) in [6.07, 6.45) is 2.73. The summed E-state index contributed by atoms with van der Waals surface area (Å²) in [5.74, 6) is 0. The molecule has 1 heterocycles. The van der Waals surface area contributed by atoms with Crippen molar-refractivity contribution < 1.29 is 32.1 Å². The van der Waals surface area contributed by atoms with Gasteiger partial charge < -0.3 is 22.9 Å². The molecule has 10 heteroatoms. The van der Waals surface area contributed by atoms with Crippen molar-refractivity contribution in [3.63, 3.8) is 0 Å². The van der Waals surface area contributed by atoms with E-state index in [4.69, 9.17) is 22.9 Å². The summed E-state index contributed by atoms with van der Waals surface area (Å²) < 4.78 is 50.3. The SMILES string of the molecule is CCOP(=O)(OCC)C1(P(=O)(OCC)OCC)C=CON1Cc1ccccc1. The topological polar surface area (TPSA) is 83.5 Å². The summed E-state index contributed by atoms with van der Waals surface area (Å²) >= 11 is 0. The first-order valence-corrected chi connectivity index (χ1v) is 12.5. The van der Waals surface area contributed by atoms with E-state index in [1.807, 2.05) is 30.3 Å². The van der Waals surface area contributed by atoms with E-state index >= 15 is 0 Å². The number of rotatable bonds is 12. The van der Waals surface area contributed by atoms with Gasteiger partial charge in [0.15, 0.2) is 0 Å². The summed E-state index contributed by atoms with van der Waals surface area (Å²) in [5.41, 5.74) is 0.856. The van der Waals surface area contributed by atoms with Crippen LogP contribution in [-0.2, 0) is 38.6 Å². The smallest absolute Gasteiger partial charge is 0.370 e. The molecule has 1 aromatic carbocycles. The zero-order chi connectivity index (χ0) is 20.7. The van der Waals surface area contributed by atoms with E-state index < -0.39 is 20.2 Å². The molecule has 1 aliphatic rings. The van der Waals surface area contributed by atoms with Gasteiger partial charge in [-0.2, -0.15) is 0 Å². The fourth-order valence-electron chi connectivity index (χ4n) is 3.00. The minimum absolute atomic E-state index is 0.0876. The highest BCUT2D eigenvalue weighted by molar-refractivity contribution is 7.74. The van der Waals surface area contributed by atoms with Crippen LogP contribution in [-0.4, -0.2) is 36.5 Å². The van der Waals surface area contributed by atoms with E-state index in [1.165, 1.54) is 17.4 Å². The molecular formula is C18H29NO7P2. The van der Waals surface area contributed by atoms with E-state index in [-0.39, 0.29) is 33.0 Å². The van der Waals surface area contributed by atoms with Gasteiger partial charge in [0.2, 0.25) is 0 Å². The fraction of sp³-hybridized carbons (Fsp3) is 0.556. The average Bonchev–Trinajstić information content (AvgIpc) is 3.09. The van der Waals surface area contributed by atoms with Gasteiger partial charge in [0.05, 0.1) is 33.0 Å². The molecule has 2 rings (SSSR count). The van der Waals surface area contributed by atoms with Gasteiger partial charge in [-0.05, 0) is 33.3 Å². The second kappa shape index (κ2) is 10.2. The average molecular weight is 433 g/mol. The van der Waals surface area contributed by atoms with Crippen LogP contribution in [0.25, 0.3) is 0 Å². The lowest BCUT2D eigenvalue weighted by atomic mass is 10.2. The van der Waals surface area contributed by atoms with Crippen LogP contribution in [0, 0.1) is 0 Å². The van der Waals surface area contributed by atoms with Crippen LogP contribution in [0.5, 0.6) is 0 Å². The van der Waals surface area contributed by atoms with Gasteiger partial charge in [-0.15, -0.1) is 5.06 Å². The largest absolute Gasteiger partial charge is 0.412 e. The Hall–Kier alpha value is -0.980. The molecule has 1 aromatic rings. The first-order chi connectivity index (χ1) is 13.4. The van der Waals surface area contributed by atoms with Crippen molar-refractivity contribution >= 4 is 15.2 Å². The van der Waals surface area contributed by atoms with Crippen molar-refractivity contribution in [2.75, 3.05) is 26.4 Å². The van der Waals surface area contributed by atoms with Gasteiger partial charge in [0.25, 0.3) is 5.02 Å². The molecule has 0 bridgehead atoms. The Labute approximate surface area is 166 Å². The van der Waals surface area contributed by atoms with Crippen LogP contribution in [0.4, 0.5) is 0 Å². The number of hydrogen-bond donors (Lipinski definition) is 0. The Balaban J connectivity index is 2.64. The molecule has 0 aromatic heterocycles. The third-order valence-corrected chi connectivity index (χ3v) is 10.2. The Bertz CT molecular complexity index is 691. The van der Waals surface area contributed by atoms with Crippen molar-refractivity contribution in [3.8, 4) is 0 Å². The molecule has 0 atom stereocenters. The molecule has 28 heavy (non-hydrogen) atoms. The molecule has 0 N–H and O–H groups in total. The van der Waals surface area contributed by atoms with Crippen LogP contribution in [0.2, 0.25) is 0 Å². The summed E-state index contributed by atoms with van der Waals surface area (Å²) in [6, 6.07) is 9.39. The van der Waals surface area contributed by atoms with Gasteiger partial charge in [-0.3, -0.25) is 9.13 Å². The van der Waals surface area contributed by atoms with Crippen molar-refractivity contribution in [1.82, 2.24) is 5.06 Å². The van der Waals surface area contributed by atoms with Gasteiger partial charge in [0.1, 0.15) is 6.26 Å². The minimum atomic E-state index is -4.07. The third-order valence-electron chi connectivity index (χ3n) is 4.02. The van der Waals surface area contributed by atoms with Crippen LogP contribution in [0.15, 0.2) is 42.7 Å². The monoisotopic (exact) mass is 433 g/mol. The van der Waals surface area contributed by atoms with Crippen LogP contribution < -0.4 is 0 Å². The van der Waals surface area contributed by atoms with Gasteiger partial charge >= 0.3 is 15.2 Å². The molecule has 0 saturated carbocycles. The zero-order valence-electron chi connectivity index (χ0n) is 16.8. The maximum Gasteiger partial charge on any atom is 0.370 e. The van der Waals surface area contributed by atoms with Crippen molar-refractivity contribution in [2.45, 2.75) is 39.3 Å². The lowest BCUT2D eigenvalue weighted by Crippen LogP contribution is -2.44. The molecule has 0 aliphatic carbocycles. The van der Waals surface area contributed by atoms with E-state index in [9.17, 15) is 9.13 Å². The molecule has 1 aliphatic heterocycles. The van der Waals surface area contributed by atoms with Gasteiger partial charge in [-0.25, -0.2) is 0 Å². The maximum atomic E-state index is 14.0. The first-order valence-electron chi connectivity index (χ1n) is 9.37. The number of nitrogens with zero attached hydrogens (tertiary/aromatic N) is 1. The van der Waals surface area contributed by atoms with Gasteiger partial charge in [-0.1, -0.05) is 30.3 Å². The highest BCUT2D eigenvalue weighted by Gasteiger charge is 2.70. The van der Waals surface area contributed by atoms with Crippen LogP contribution >= 0.6 is 15.2 Å². The third kappa shape index (κ3) is 4.29. The van der Waals surface area contributed by atoms with E-state index in [1.54, 1.807) is 27.7 Å². The number of hydroxylamine groups is 2. The van der Waals surface area contributed by atoms with E-state index in [0.717, 1.165) is 5.56 Å². The van der Waals surface area contributed by atoms with Crippen LogP contribution in [0.3, 0.4) is 0 Å². The molecule has 8 nitrogen and oxygen atoms in total. The summed E-state index contributed by atoms with van der Waals surface area (Å²) in [6.45, 7) is 7.27. The Morgan fingerprint density at radius 3 is 1.75 bits per heavy atom. The lowest BCUT2D eigenvalue weighted by molar-refractivity contribution is -0.117. The second-order valence-corrected chi connectivity index (χ2v) is 10.5. The number of hydrogen-bond acceptors (Lipinski definition) is 8.